The maximum Gasteiger partial charge on any atom is 0.224 e. The first-order valence-electron chi connectivity index (χ1n) is 7.71. The summed E-state index contributed by atoms with van der Waals surface area (Å²) in [5.74, 6) is 0.850. The van der Waals surface area contributed by atoms with Crippen molar-refractivity contribution in [1.29, 1.82) is 0 Å². The van der Waals surface area contributed by atoms with Gasteiger partial charge in [0.05, 0.1) is 0 Å². The van der Waals surface area contributed by atoms with Crippen molar-refractivity contribution in [2.75, 3.05) is 10.6 Å². The summed E-state index contributed by atoms with van der Waals surface area (Å²) in [4.78, 5) is 8.48. The molecular weight excluding hydrogens is 296 g/mol. The first-order chi connectivity index (χ1) is 10.6. The third-order valence-electron chi connectivity index (χ3n) is 4.22. The highest BCUT2D eigenvalue weighted by atomic mass is 35.5. The van der Waals surface area contributed by atoms with Crippen LogP contribution in [0.1, 0.15) is 36.0 Å². The Morgan fingerprint density at radius 1 is 1.23 bits per heavy atom. The predicted octanol–water partition coefficient (Wildman–Crippen LogP) is 4.32. The van der Waals surface area contributed by atoms with Crippen molar-refractivity contribution in [3.63, 3.8) is 0 Å². The lowest BCUT2D eigenvalue weighted by atomic mass is 9.93. The molecule has 5 heteroatoms. The summed E-state index contributed by atoms with van der Waals surface area (Å²) in [5.41, 5.74) is 4.69. The number of nitrogens with zero attached hydrogens (tertiary/aromatic N) is 2. The maximum absolute atomic E-state index is 5.95. The van der Waals surface area contributed by atoms with E-state index in [0.29, 0.717) is 12.6 Å². The molecule has 4 nitrogen and oxygen atoms in total. The average Bonchev–Trinajstić information content (AvgIpc) is 2.44. The second kappa shape index (κ2) is 6.53. The quantitative estimate of drug-likeness (QED) is 0.806. The van der Waals surface area contributed by atoms with Gasteiger partial charge in [-0.1, -0.05) is 18.2 Å². The van der Waals surface area contributed by atoms with Crippen LogP contribution in [0.4, 0.5) is 11.5 Å². The molecule has 0 unspecified atom stereocenters. The second-order valence-electron chi connectivity index (χ2n) is 5.91. The molecule has 1 aliphatic rings. The summed E-state index contributed by atoms with van der Waals surface area (Å²) in [6, 6.07) is 6.82. The van der Waals surface area contributed by atoms with Crippen molar-refractivity contribution < 1.29 is 0 Å². The number of anilines is 2. The monoisotopic (exact) mass is 316 g/mol. The van der Waals surface area contributed by atoms with Crippen LogP contribution in [0.15, 0.2) is 24.4 Å². The van der Waals surface area contributed by atoms with E-state index in [-0.39, 0.29) is 5.28 Å². The summed E-state index contributed by atoms with van der Waals surface area (Å²) in [6.45, 7) is 4.90. The molecule has 2 aromatic rings. The molecule has 22 heavy (non-hydrogen) atoms. The van der Waals surface area contributed by atoms with Gasteiger partial charge in [0.15, 0.2) is 0 Å². The Morgan fingerprint density at radius 3 is 2.59 bits per heavy atom. The molecule has 2 N–H and O–H groups in total. The zero-order valence-corrected chi connectivity index (χ0v) is 13.7. The van der Waals surface area contributed by atoms with E-state index in [1.54, 1.807) is 6.20 Å². The van der Waals surface area contributed by atoms with Crippen LogP contribution in [0.5, 0.6) is 0 Å². The molecule has 0 bridgehead atoms. The van der Waals surface area contributed by atoms with Crippen molar-refractivity contribution in [2.24, 2.45) is 0 Å². The van der Waals surface area contributed by atoms with Gasteiger partial charge in [0.1, 0.15) is 5.82 Å². The van der Waals surface area contributed by atoms with Crippen molar-refractivity contribution >= 4 is 23.1 Å². The number of aromatic nitrogens is 2. The largest absolute Gasteiger partial charge is 0.380 e. The van der Waals surface area contributed by atoms with E-state index < -0.39 is 0 Å². The molecule has 0 atom stereocenters. The van der Waals surface area contributed by atoms with Gasteiger partial charge in [0, 0.05) is 30.0 Å². The van der Waals surface area contributed by atoms with Gasteiger partial charge < -0.3 is 10.6 Å². The van der Waals surface area contributed by atoms with E-state index in [4.69, 9.17) is 11.6 Å². The van der Waals surface area contributed by atoms with Crippen LogP contribution >= 0.6 is 11.6 Å². The molecule has 0 amide bonds. The third kappa shape index (κ3) is 3.33. The van der Waals surface area contributed by atoms with E-state index in [2.05, 4.69) is 52.6 Å². The summed E-state index contributed by atoms with van der Waals surface area (Å²) in [6.07, 6.45) is 5.49. The van der Waals surface area contributed by atoms with Crippen LogP contribution in [0.25, 0.3) is 0 Å². The third-order valence-corrected chi connectivity index (χ3v) is 4.40. The number of hydrogen-bond acceptors (Lipinski definition) is 4. The molecule has 1 aliphatic carbocycles. The van der Waals surface area contributed by atoms with Gasteiger partial charge >= 0.3 is 0 Å². The van der Waals surface area contributed by atoms with Gasteiger partial charge in [-0.3, -0.25) is 0 Å². The highest BCUT2D eigenvalue weighted by molar-refractivity contribution is 6.28. The lowest BCUT2D eigenvalue weighted by molar-refractivity contribution is 0.444. The molecule has 0 spiro atoms. The molecule has 1 aromatic carbocycles. The molecule has 116 valence electrons. The fraction of sp³-hybridized carbons (Fsp3) is 0.412. The number of aryl methyl sites for hydroxylation is 2. The highest BCUT2D eigenvalue weighted by Crippen LogP contribution is 2.26. The number of benzene rings is 1. The number of para-hydroxylation sites is 1. The molecule has 0 saturated heterocycles. The summed E-state index contributed by atoms with van der Waals surface area (Å²) < 4.78 is 0. The zero-order valence-electron chi connectivity index (χ0n) is 13.0. The van der Waals surface area contributed by atoms with E-state index in [1.807, 2.05) is 0 Å². The minimum absolute atomic E-state index is 0.289. The van der Waals surface area contributed by atoms with E-state index >= 15 is 0 Å². The number of hydrogen-bond donors (Lipinski definition) is 2. The van der Waals surface area contributed by atoms with Gasteiger partial charge in [0.2, 0.25) is 5.28 Å². The topological polar surface area (TPSA) is 49.8 Å². The molecule has 1 aromatic heterocycles. The van der Waals surface area contributed by atoms with Crippen molar-refractivity contribution in [3.8, 4) is 0 Å². The van der Waals surface area contributed by atoms with Crippen LogP contribution < -0.4 is 10.6 Å². The Kier molecular flexibility index (Phi) is 4.48. The fourth-order valence-corrected chi connectivity index (χ4v) is 2.80. The van der Waals surface area contributed by atoms with Gasteiger partial charge in [-0.15, -0.1) is 0 Å². The minimum Gasteiger partial charge on any atom is -0.380 e. The number of nitrogens with one attached hydrogen (secondary N) is 2. The summed E-state index contributed by atoms with van der Waals surface area (Å²) >= 11 is 5.95. The van der Waals surface area contributed by atoms with Gasteiger partial charge in [-0.05, 0) is 55.8 Å². The SMILES string of the molecule is Cc1cccc(C)c1NCc1cnc(Cl)nc1NC1CCC1. The Balaban J connectivity index is 1.76. The van der Waals surface area contributed by atoms with E-state index in [9.17, 15) is 0 Å². The van der Waals surface area contributed by atoms with Gasteiger partial charge in [0.25, 0.3) is 0 Å². The molecule has 1 saturated carbocycles. The second-order valence-corrected chi connectivity index (χ2v) is 6.24. The van der Waals surface area contributed by atoms with E-state index in [0.717, 1.165) is 11.4 Å². The molecule has 1 heterocycles. The predicted molar refractivity (Wildman–Crippen MR) is 91.5 cm³/mol. The van der Waals surface area contributed by atoms with Crippen LogP contribution in [-0.2, 0) is 6.54 Å². The Hall–Kier alpha value is -1.81. The molecule has 0 radical (unpaired) electrons. The first-order valence-corrected chi connectivity index (χ1v) is 8.09. The van der Waals surface area contributed by atoms with Crippen LogP contribution in [0, 0.1) is 13.8 Å². The standard InChI is InChI=1S/C17H21ClN4/c1-11-5-3-6-12(2)15(11)19-9-13-10-20-17(18)22-16(13)21-14-7-4-8-14/h3,5-6,10,14,19H,4,7-9H2,1-2H3,(H,20,21,22). The van der Waals surface area contributed by atoms with Crippen molar-refractivity contribution in [1.82, 2.24) is 9.97 Å². The van der Waals surface area contributed by atoms with Gasteiger partial charge in [-0.2, -0.15) is 0 Å². The minimum atomic E-state index is 0.289. The fourth-order valence-electron chi connectivity index (χ4n) is 2.66. The Bertz CT molecular complexity index is 647. The van der Waals surface area contributed by atoms with Crippen LogP contribution in [0.3, 0.4) is 0 Å². The normalized spacial score (nSPS) is 14.5. The highest BCUT2D eigenvalue weighted by Gasteiger charge is 2.19. The van der Waals surface area contributed by atoms with E-state index in [1.165, 1.54) is 36.1 Å². The Morgan fingerprint density at radius 2 is 1.95 bits per heavy atom. The van der Waals surface area contributed by atoms with Crippen molar-refractivity contribution in [2.45, 2.75) is 45.7 Å². The number of rotatable bonds is 5. The Labute approximate surface area is 136 Å². The average molecular weight is 317 g/mol. The van der Waals surface area contributed by atoms with Crippen LogP contribution in [-0.4, -0.2) is 16.0 Å². The summed E-state index contributed by atoms with van der Waals surface area (Å²) in [7, 11) is 0. The maximum atomic E-state index is 5.95. The van der Waals surface area contributed by atoms with Gasteiger partial charge in [-0.25, -0.2) is 9.97 Å². The summed E-state index contributed by atoms with van der Waals surface area (Å²) in [5, 5.41) is 7.27. The molecule has 0 aliphatic heterocycles. The number of halogens is 1. The van der Waals surface area contributed by atoms with Crippen molar-refractivity contribution in [3.05, 3.63) is 46.4 Å². The molecular formula is C17H21ClN4. The lowest BCUT2D eigenvalue weighted by Gasteiger charge is -2.28. The smallest absolute Gasteiger partial charge is 0.224 e. The lowest BCUT2D eigenvalue weighted by Crippen LogP contribution is -2.28. The molecule has 3 rings (SSSR count). The van der Waals surface area contributed by atoms with Crippen LogP contribution in [0.2, 0.25) is 5.28 Å². The molecule has 1 fully saturated rings. The first kappa shape index (κ1) is 15.1. The zero-order chi connectivity index (χ0) is 15.5.